The number of terminal acetylenes is 1. The van der Waals surface area contributed by atoms with Crippen molar-refractivity contribution in [2.75, 3.05) is 20.1 Å². The van der Waals surface area contributed by atoms with Crippen molar-refractivity contribution in [2.45, 2.75) is 38.7 Å². The SMILES string of the molecule is C#C/C(OC1CC1)=C(\C=C(\C)CC1=CCN(C)CC1)[N+](=O)[O-]. The third-order valence-electron chi connectivity index (χ3n) is 3.76. The first-order valence-electron chi connectivity index (χ1n) is 7.55. The largest absolute Gasteiger partial charge is 0.477 e. The van der Waals surface area contributed by atoms with Crippen LogP contribution in [0.4, 0.5) is 0 Å². The maximum Gasteiger partial charge on any atom is 0.319 e. The fourth-order valence-corrected chi connectivity index (χ4v) is 2.34. The van der Waals surface area contributed by atoms with E-state index in [9.17, 15) is 10.1 Å². The standard InChI is InChI=1S/C17H22N2O3/c1-4-17(22-15-5-6-15)16(19(20)21)12-13(2)11-14-7-9-18(3)10-8-14/h1,7,12,15H,5-6,8-11H2,2-3H3/b13-12-,17-16-. The van der Waals surface area contributed by atoms with Crippen molar-refractivity contribution in [3.63, 3.8) is 0 Å². The number of allylic oxidation sites excluding steroid dienone is 3. The minimum absolute atomic E-state index is 0.0456. The lowest BCUT2D eigenvalue weighted by Gasteiger charge is -2.22. The minimum Gasteiger partial charge on any atom is -0.477 e. The molecule has 1 aliphatic heterocycles. The summed E-state index contributed by atoms with van der Waals surface area (Å²) in [7, 11) is 2.08. The lowest BCUT2D eigenvalue weighted by Crippen LogP contribution is -2.24. The summed E-state index contributed by atoms with van der Waals surface area (Å²) in [5.74, 6) is 2.37. The Labute approximate surface area is 131 Å². The van der Waals surface area contributed by atoms with Crippen LogP contribution in [0.5, 0.6) is 0 Å². The third kappa shape index (κ3) is 4.74. The summed E-state index contributed by atoms with van der Waals surface area (Å²) >= 11 is 0. The quantitative estimate of drug-likeness (QED) is 0.189. The van der Waals surface area contributed by atoms with E-state index in [1.807, 2.05) is 6.92 Å². The normalized spacial score (nSPS) is 20.8. The van der Waals surface area contributed by atoms with Crippen molar-refractivity contribution in [3.8, 4) is 12.3 Å². The number of nitro groups is 1. The molecule has 0 unspecified atom stereocenters. The van der Waals surface area contributed by atoms with E-state index < -0.39 is 4.92 Å². The first kappa shape index (κ1) is 16.3. The number of ether oxygens (including phenoxy) is 1. The molecule has 1 aliphatic carbocycles. The molecule has 5 heteroatoms. The first-order chi connectivity index (χ1) is 10.5. The van der Waals surface area contributed by atoms with Crippen molar-refractivity contribution in [1.82, 2.24) is 4.90 Å². The molecule has 1 heterocycles. The van der Waals surface area contributed by atoms with Gasteiger partial charge < -0.3 is 9.64 Å². The summed E-state index contributed by atoms with van der Waals surface area (Å²) in [5, 5.41) is 11.3. The minimum atomic E-state index is -0.454. The van der Waals surface area contributed by atoms with Crippen molar-refractivity contribution in [2.24, 2.45) is 0 Å². The molecule has 118 valence electrons. The average molecular weight is 302 g/mol. The topological polar surface area (TPSA) is 55.6 Å². The fourth-order valence-electron chi connectivity index (χ4n) is 2.34. The molecule has 0 bridgehead atoms. The zero-order chi connectivity index (χ0) is 16.1. The zero-order valence-electron chi connectivity index (χ0n) is 13.2. The van der Waals surface area contributed by atoms with Crippen molar-refractivity contribution < 1.29 is 9.66 Å². The zero-order valence-corrected chi connectivity index (χ0v) is 13.2. The molecule has 0 aromatic carbocycles. The maximum atomic E-state index is 11.3. The summed E-state index contributed by atoms with van der Waals surface area (Å²) in [4.78, 5) is 13.1. The van der Waals surface area contributed by atoms with Gasteiger partial charge in [0.25, 0.3) is 0 Å². The van der Waals surface area contributed by atoms with Crippen LogP contribution in [-0.2, 0) is 4.74 Å². The Balaban J connectivity index is 2.12. The summed E-state index contributed by atoms with van der Waals surface area (Å²) < 4.78 is 5.47. The highest BCUT2D eigenvalue weighted by atomic mass is 16.6. The predicted octanol–water partition coefficient (Wildman–Crippen LogP) is 2.89. The molecular weight excluding hydrogens is 280 g/mol. The smallest absolute Gasteiger partial charge is 0.319 e. The Morgan fingerprint density at radius 2 is 2.36 bits per heavy atom. The van der Waals surface area contributed by atoms with Crippen LogP contribution in [0.15, 0.2) is 34.8 Å². The molecule has 0 amide bonds. The van der Waals surface area contributed by atoms with E-state index in [2.05, 4.69) is 23.9 Å². The van der Waals surface area contributed by atoms with Crippen LogP contribution < -0.4 is 0 Å². The average Bonchev–Trinajstić information content (AvgIpc) is 3.29. The third-order valence-corrected chi connectivity index (χ3v) is 3.76. The van der Waals surface area contributed by atoms with Gasteiger partial charge in [0, 0.05) is 19.2 Å². The lowest BCUT2D eigenvalue weighted by molar-refractivity contribution is -0.421. The first-order valence-corrected chi connectivity index (χ1v) is 7.55. The van der Waals surface area contributed by atoms with Gasteiger partial charge in [0.2, 0.25) is 5.76 Å². The van der Waals surface area contributed by atoms with Crippen LogP contribution in [-0.4, -0.2) is 36.1 Å². The van der Waals surface area contributed by atoms with E-state index in [1.165, 1.54) is 5.57 Å². The van der Waals surface area contributed by atoms with Gasteiger partial charge in [0.05, 0.1) is 4.92 Å². The van der Waals surface area contributed by atoms with Crippen LogP contribution in [0.25, 0.3) is 0 Å². The van der Waals surface area contributed by atoms with Crippen molar-refractivity contribution in [1.29, 1.82) is 0 Å². The molecule has 0 aromatic heterocycles. The highest BCUT2D eigenvalue weighted by Crippen LogP contribution is 2.28. The van der Waals surface area contributed by atoms with Gasteiger partial charge >= 0.3 is 5.70 Å². The Morgan fingerprint density at radius 3 is 2.86 bits per heavy atom. The Bertz CT molecular complexity index is 577. The molecule has 0 aromatic rings. The van der Waals surface area contributed by atoms with Crippen molar-refractivity contribution >= 4 is 0 Å². The predicted molar refractivity (Wildman–Crippen MR) is 85.5 cm³/mol. The van der Waals surface area contributed by atoms with Crippen molar-refractivity contribution in [3.05, 3.63) is 44.9 Å². The number of likely N-dealkylation sites (N-methyl/N-ethyl adjacent to an activating group) is 1. The van der Waals surface area contributed by atoms with Crippen LogP contribution in [0.2, 0.25) is 0 Å². The van der Waals surface area contributed by atoms with Gasteiger partial charge in [-0.1, -0.05) is 17.2 Å². The molecule has 1 fully saturated rings. The van der Waals surface area contributed by atoms with E-state index in [0.717, 1.165) is 44.3 Å². The van der Waals surface area contributed by atoms with Gasteiger partial charge in [-0.15, -0.1) is 6.42 Å². The molecular formula is C17H22N2O3. The van der Waals surface area contributed by atoms with E-state index in [0.29, 0.717) is 0 Å². The Morgan fingerprint density at radius 1 is 1.64 bits per heavy atom. The monoisotopic (exact) mass is 302 g/mol. The van der Waals surface area contributed by atoms with Crippen LogP contribution in [0.1, 0.15) is 32.6 Å². The number of rotatable bonds is 6. The summed E-state index contributed by atoms with van der Waals surface area (Å²) in [6, 6.07) is 0. The highest BCUT2D eigenvalue weighted by molar-refractivity contribution is 5.32. The molecule has 22 heavy (non-hydrogen) atoms. The molecule has 0 saturated heterocycles. The van der Waals surface area contributed by atoms with Gasteiger partial charge in [-0.25, -0.2) is 0 Å². The highest BCUT2D eigenvalue weighted by Gasteiger charge is 2.28. The maximum absolute atomic E-state index is 11.3. The summed E-state index contributed by atoms with van der Waals surface area (Å²) in [5.41, 5.74) is 2.13. The molecule has 0 radical (unpaired) electrons. The number of hydrogen-bond acceptors (Lipinski definition) is 4. The van der Waals surface area contributed by atoms with Gasteiger partial charge in [-0.05, 0) is 45.6 Å². The molecule has 0 N–H and O–H groups in total. The van der Waals surface area contributed by atoms with Gasteiger partial charge in [-0.3, -0.25) is 10.1 Å². The van der Waals surface area contributed by atoms with E-state index >= 15 is 0 Å². The summed E-state index contributed by atoms with van der Waals surface area (Å²) in [6.07, 6.45) is 12.7. The Kier molecular flexibility index (Phi) is 5.40. The fraction of sp³-hybridized carbons (Fsp3) is 0.529. The molecule has 2 rings (SSSR count). The molecule has 5 nitrogen and oxygen atoms in total. The summed E-state index contributed by atoms with van der Waals surface area (Å²) in [6.45, 7) is 3.85. The van der Waals surface area contributed by atoms with Crippen LogP contribution >= 0.6 is 0 Å². The second-order valence-corrected chi connectivity index (χ2v) is 5.98. The second kappa shape index (κ2) is 7.28. The Hall–Kier alpha value is -2.06. The van der Waals surface area contributed by atoms with E-state index in [4.69, 9.17) is 11.2 Å². The van der Waals surface area contributed by atoms with Gasteiger partial charge in [0.1, 0.15) is 6.10 Å². The molecule has 0 atom stereocenters. The molecule has 0 spiro atoms. The number of hydrogen-bond donors (Lipinski definition) is 0. The van der Waals surface area contributed by atoms with Crippen LogP contribution in [0.3, 0.4) is 0 Å². The van der Waals surface area contributed by atoms with Gasteiger partial charge in [0.15, 0.2) is 0 Å². The molecule has 1 saturated carbocycles. The second-order valence-electron chi connectivity index (χ2n) is 5.98. The molecule has 2 aliphatic rings. The van der Waals surface area contributed by atoms with Gasteiger partial charge in [-0.2, -0.15) is 0 Å². The van der Waals surface area contributed by atoms with Crippen LogP contribution in [0, 0.1) is 22.5 Å². The van der Waals surface area contributed by atoms with E-state index in [1.54, 1.807) is 6.08 Å². The number of nitrogens with zero attached hydrogens (tertiary/aromatic N) is 2. The lowest BCUT2D eigenvalue weighted by atomic mass is 10.00. The van der Waals surface area contributed by atoms with E-state index in [-0.39, 0.29) is 17.6 Å².